The summed E-state index contributed by atoms with van der Waals surface area (Å²) >= 11 is 0. The zero-order valence-corrected chi connectivity index (χ0v) is 19.2. The average Bonchev–Trinajstić information content (AvgIpc) is 2.95. The molecule has 1 aliphatic heterocycles. The van der Waals surface area contributed by atoms with Crippen LogP contribution < -0.4 is 5.32 Å². The van der Waals surface area contributed by atoms with Crippen molar-refractivity contribution in [1.29, 1.82) is 0 Å². The number of carbonyl (C=O) groups is 2. The molecule has 2 amide bonds. The second-order valence-corrected chi connectivity index (χ2v) is 9.65. The molecule has 3 rings (SSSR count). The zero-order valence-electron chi connectivity index (χ0n) is 18.4. The maximum absolute atomic E-state index is 12.7. The van der Waals surface area contributed by atoms with Gasteiger partial charge in [-0.15, -0.1) is 0 Å². The molecular formula is C23H29N3O4S. The molecule has 0 fully saturated rings. The number of nitrogens with one attached hydrogen (secondary N) is 1. The summed E-state index contributed by atoms with van der Waals surface area (Å²) in [6, 6.07) is 11.7. The first-order chi connectivity index (χ1) is 14.7. The van der Waals surface area contributed by atoms with Crippen LogP contribution in [0.5, 0.6) is 0 Å². The van der Waals surface area contributed by atoms with Crippen molar-refractivity contribution >= 4 is 21.8 Å². The lowest BCUT2D eigenvalue weighted by Crippen LogP contribution is -2.36. The van der Waals surface area contributed by atoms with Gasteiger partial charge in [-0.05, 0) is 56.3 Å². The van der Waals surface area contributed by atoms with Gasteiger partial charge in [-0.25, -0.2) is 12.7 Å². The lowest BCUT2D eigenvalue weighted by Gasteiger charge is -2.18. The fraction of sp³-hybridized carbons (Fsp3) is 0.391. The van der Waals surface area contributed by atoms with Crippen molar-refractivity contribution in [2.75, 3.05) is 13.1 Å². The molecule has 0 radical (unpaired) electrons. The number of fused-ring (bicyclic) bond motifs is 1. The summed E-state index contributed by atoms with van der Waals surface area (Å²) in [5, 5.41) is 2.82. The molecule has 0 unspecified atom stereocenters. The molecule has 0 saturated heterocycles. The molecule has 2 aromatic rings. The highest BCUT2D eigenvalue weighted by Gasteiger charge is 2.42. The van der Waals surface area contributed by atoms with Crippen molar-refractivity contribution in [2.24, 2.45) is 0 Å². The lowest BCUT2D eigenvalue weighted by atomic mass is 10.1. The van der Waals surface area contributed by atoms with Crippen LogP contribution in [0.25, 0.3) is 0 Å². The van der Waals surface area contributed by atoms with Crippen molar-refractivity contribution in [3.63, 3.8) is 0 Å². The monoisotopic (exact) mass is 443 g/mol. The molecule has 0 aromatic heterocycles. The number of sulfonamides is 1. The minimum atomic E-state index is -3.94. The Morgan fingerprint density at radius 3 is 2.23 bits per heavy atom. The number of rotatable bonds is 8. The zero-order chi connectivity index (χ0) is 22.8. The Morgan fingerprint density at radius 2 is 1.65 bits per heavy atom. The highest BCUT2D eigenvalue weighted by atomic mass is 32.2. The molecule has 7 nitrogen and oxygen atoms in total. The van der Waals surface area contributed by atoms with Crippen LogP contribution in [0, 0.1) is 0 Å². The number of hydrogen-bond donors (Lipinski definition) is 1. The van der Waals surface area contributed by atoms with E-state index in [2.05, 4.69) is 24.1 Å². The summed E-state index contributed by atoms with van der Waals surface area (Å²) in [6.45, 7) is 10.7. The summed E-state index contributed by atoms with van der Waals surface area (Å²) in [7, 11) is -3.94. The van der Waals surface area contributed by atoms with Crippen LogP contribution in [-0.4, -0.2) is 48.6 Å². The molecule has 2 aromatic carbocycles. The largest absolute Gasteiger partial charge is 0.348 e. The molecule has 31 heavy (non-hydrogen) atoms. The van der Waals surface area contributed by atoms with Gasteiger partial charge in [-0.3, -0.25) is 14.5 Å². The first-order valence-corrected chi connectivity index (χ1v) is 11.9. The smallest absolute Gasteiger partial charge is 0.269 e. The van der Waals surface area contributed by atoms with Gasteiger partial charge in [-0.2, -0.15) is 0 Å². The van der Waals surface area contributed by atoms with E-state index >= 15 is 0 Å². The fourth-order valence-corrected chi connectivity index (χ4v) is 5.44. The molecule has 0 bridgehead atoms. The van der Waals surface area contributed by atoms with Crippen LogP contribution in [0.1, 0.15) is 59.5 Å². The third-order valence-corrected chi connectivity index (χ3v) is 7.46. The van der Waals surface area contributed by atoms with Crippen LogP contribution in [0.3, 0.4) is 0 Å². The highest BCUT2D eigenvalue weighted by molar-refractivity contribution is 7.90. The van der Waals surface area contributed by atoms with Gasteiger partial charge in [0.05, 0.1) is 5.56 Å². The SMILES string of the molecule is CCN(CC)Cc1ccc(CNC(=O)c2ccc3c(c2)S(=O)(=O)N(C(C)C)C3=O)cc1. The number of benzene rings is 2. The molecule has 0 atom stereocenters. The van der Waals surface area contributed by atoms with Crippen molar-refractivity contribution in [3.05, 3.63) is 64.7 Å². The van der Waals surface area contributed by atoms with E-state index in [1.165, 1.54) is 23.8 Å². The topological polar surface area (TPSA) is 86.8 Å². The standard InChI is InChI=1S/C23H29N3O4S/c1-5-25(6-2)15-18-9-7-17(8-10-18)14-24-22(27)19-11-12-20-21(13-19)31(29,30)26(16(3)4)23(20)28/h7-13,16H,5-6,14-15H2,1-4H3,(H,24,27). The average molecular weight is 444 g/mol. The Morgan fingerprint density at radius 1 is 1.03 bits per heavy atom. The molecular weight excluding hydrogens is 414 g/mol. The van der Waals surface area contributed by atoms with Gasteiger partial charge < -0.3 is 5.32 Å². The number of hydrogen-bond acceptors (Lipinski definition) is 5. The van der Waals surface area contributed by atoms with Crippen LogP contribution in [0.2, 0.25) is 0 Å². The Bertz CT molecular complexity index is 1070. The second kappa shape index (κ2) is 9.20. The van der Waals surface area contributed by atoms with E-state index in [4.69, 9.17) is 0 Å². The molecule has 0 spiro atoms. The van der Waals surface area contributed by atoms with Gasteiger partial charge in [0.25, 0.3) is 21.8 Å². The number of amides is 2. The van der Waals surface area contributed by atoms with Gasteiger partial charge in [-0.1, -0.05) is 38.1 Å². The Kier molecular flexibility index (Phi) is 6.81. The summed E-state index contributed by atoms with van der Waals surface area (Å²) in [4.78, 5) is 27.2. The Balaban J connectivity index is 1.69. The van der Waals surface area contributed by atoms with E-state index in [-0.39, 0.29) is 21.9 Å². The molecule has 0 aliphatic carbocycles. The first-order valence-electron chi connectivity index (χ1n) is 10.5. The molecule has 1 aliphatic rings. The van der Waals surface area contributed by atoms with Crippen LogP contribution >= 0.6 is 0 Å². The molecule has 0 saturated carbocycles. The van der Waals surface area contributed by atoms with Gasteiger partial charge in [0, 0.05) is 24.7 Å². The van der Waals surface area contributed by atoms with Gasteiger partial charge in [0.2, 0.25) is 0 Å². The lowest BCUT2D eigenvalue weighted by molar-refractivity contribution is 0.0845. The quantitative estimate of drug-likeness (QED) is 0.678. The van der Waals surface area contributed by atoms with Crippen LogP contribution in [0.4, 0.5) is 0 Å². The second-order valence-electron chi connectivity index (χ2n) is 7.87. The molecule has 1 N–H and O–H groups in total. The van der Waals surface area contributed by atoms with Crippen LogP contribution in [-0.2, 0) is 23.1 Å². The first kappa shape index (κ1) is 23.0. The number of nitrogens with zero attached hydrogens (tertiary/aromatic N) is 2. The summed E-state index contributed by atoms with van der Waals surface area (Å²) < 4.78 is 26.3. The van der Waals surface area contributed by atoms with E-state index in [1.54, 1.807) is 13.8 Å². The number of carbonyl (C=O) groups excluding carboxylic acids is 2. The summed E-state index contributed by atoms with van der Waals surface area (Å²) in [5.74, 6) is -0.942. The molecule has 1 heterocycles. The minimum absolute atomic E-state index is 0.106. The summed E-state index contributed by atoms with van der Waals surface area (Å²) in [5.41, 5.74) is 2.47. The van der Waals surface area contributed by atoms with Gasteiger partial charge in [0.1, 0.15) is 4.90 Å². The maximum Gasteiger partial charge on any atom is 0.269 e. The van der Waals surface area contributed by atoms with Crippen molar-refractivity contribution in [2.45, 2.75) is 51.7 Å². The fourth-order valence-electron chi connectivity index (χ4n) is 3.65. The normalized spacial score (nSPS) is 14.9. The van der Waals surface area contributed by atoms with Crippen molar-refractivity contribution < 1.29 is 18.0 Å². The van der Waals surface area contributed by atoms with E-state index in [0.717, 1.165) is 29.5 Å². The maximum atomic E-state index is 12.7. The van der Waals surface area contributed by atoms with E-state index in [9.17, 15) is 18.0 Å². The summed E-state index contributed by atoms with van der Waals surface area (Å²) in [6.07, 6.45) is 0. The third kappa shape index (κ3) is 4.65. The van der Waals surface area contributed by atoms with Crippen molar-refractivity contribution in [3.8, 4) is 0 Å². The van der Waals surface area contributed by atoms with E-state index in [1.807, 2.05) is 24.3 Å². The Labute approximate surface area is 184 Å². The van der Waals surface area contributed by atoms with Crippen molar-refractivity contribution in [1.82, 2.24) is 14.5 Å². The minimum Gasteiger partial charge on any atom is -0.348 e. The van der Waals surface area contributed by atoms with E-state index in [0.29, 0.717) is 6.54 Å². The Hall–Kier alpha value is -2.71. The molecule has 166 valence electrons. The van der Waals surface area contributed by atoms with Gasteiger partial charge in [0.15, 0.2) is 0 Å². The molecule has 8 heteroatoms. The third-order valence-electron chi connectivity index (χ3n) is 5.46. The highest BCUT2D eigenvalue weighted by Crippen LogP contribution is 2.32. The van der Waals surface area contributed by atoms with Gasteiger partial charge >= 0.3 is 0 Å². The van der Waals surface area contributed by atoms with E-state index < -0.39 is 22.0 Å². The predicted molar refractivity (Wildman–Crippen MR) is 119 cm³/mol. The van der Waals surface area contributed by atoms with Crippen LogP contribution in [0.15, 0.2) is 47.4 Å². The predicted octanol–water partition coefficient (Wildman–Crippen LogP) is 3.01.